The second kappa shape index (κ2) is 9.97. The van der Waals surface area contributed by atoms with Gasteiger partial charge < -0.3 is 15.2 Å². The lowest BCUT2D eigenvalue weighted by molar-refractivity contribution is 0.0266. The van der Waals surface area contributed by atoms with Crippen molar-refractivity contribution in [3.63, 3.8) is 0 Å². The van der Waals surface area contributed by atoms with E-state index in [-0.39, 0.29) is 23.7 Å². The molecule has 0 bridgehead atoms. The van der Waals surface area contributed by atoms with Crippen LogP contribution in [-0.2, 0) is 14.9 Å². The van der Waals surface area contributed by atoms with E-state index in [2.05, 4.69) is 15.0 Å². The molecule has 0 amide bonds. The van der Waals surface area contributed by atoms with Crippen LogP contribution in [0.4, 0.5) is 5.95 Å². The fourth-order valence-corrected chi connectivity index (χ4v) is 6.94. The summed E-state index contributed by atoms with van der Waals surface area (Å²) in [7, 11) is -3.55. The van der Waals surface area contributed by atoms with Crippen molar-refractivity contribution in [2.24, 2.45) is 0 Å². The second-order valence-electron chi connectivity index (χ2n) is 10.5. The Balaban J connectivity index is 1.28. The van der Waals surface area contributed by atoms with Gasteiger partial charge in [-0.25, -0.2) is 4.98 Å². The average Bonchev–Trinajstić information content (AvgIpc) is 3.49. The van der Waals surface area contributed by atoms with E-state index < -0.39 is 15.8 Å². The topological polar surface area (TPSA) is 139 Å². The molecule has 1 unspecified atom stereocenters. The predicted molar refractivity (Wildman–Crippen MR) is 136 cm³/mol. The molecule has 0 spiro atoms. The van der Waals surface area contributed by atoms with E-state index in [1.807, 2.05) is 0 Å². The number of hydrogen-bond donors (Lipinski definition) is 3. The number of nitrogens with zero attached hydrogens (tertiary/aromatic N) is 4. The Labute approximate surface area is 211 Å². The van der Waals surface area contributed by atoms with Gasteiger partial charge in [-0.2, -0.15) is 22.4 Å². The number of nitrogens with one attached hydrogen (secondary N) is 2. The molecular weight excluding hydrogens is 484 g/mol. The first-order valence-corrected chi connectivity index (χ1v) is 14.3. The molecule has 2 aromatic rings. The quantitative estimate of drug-likeness (QED) is 0.499. The van der Waals surface area contributed by atoms with Crippen molar-refractivity contribution in [1.82, 2.24) is 23.6 Å². The van der Waals surface area contributed by atoms with Gasteiger partial charge in [-0.3, -0.25) is 9.36 Å². The largest absolute Gasteiger partial charge is 0.388 e. The summed E-state index contributed by atoms with van der Waals surface area (Å²) < 4.78 is 36.7. The third-order valence-electron chi connectivity index (χ3n) is 7.79. The molecule has 0 radical (unpaired) electrons. The van der Waals surface area contributed by atoms with Crippen LogP contribution in [0.25, 0.3) is 11.0 Å². The van der Waals surface area contributed by atoms with Gasteiger partial charge in [0.05, 0.1) is 17.7 Å². The van der Waals surface area contributed by atoms with Crippen LogP contribution in [0.1, 0.15) is 63.5 Å². The Hall–Kier alpha value is -2.12. The van der Waals surface area contributed by atoms with Crippen LogP contribution in [0.2, 0.25) is 0 Å². The minimum atomic E-state index is -3.55. The number of aryl methyl sites for hydroxylation is 1. The standard InChI is InChI=1S/C24H36N6O5S/c1-16-13-17-14-25-23(28-21(17)30(22(16)31)20-6-3-9-24(20,2)32)27-18-7-10-29(11-8-18)36(33,34)26-15-19-5-4-12-35-19/h13-14,18-20,26,32H,3-12,15H2,1-2H3,(H,25,27,28)/t19-,20?,24+/m1/s1. The summed E-state index contributed by atoms with van der Waals surface area (Å²) in [5, 5.41) is 15.0. The monoisotopic (exact) mass is 520 g/mol. The van der Waals surface area contributed by atoms with Gasteiger partial charge in [0.15, 0.2) is 0 Å². The number of ether oxygens (including phenoxy) is 1. The fraction of sp³-hybridized carbons (Fsp3) is 0.708. The summed E-state index contributed by atoms with van der Waals surface area (Å²) in [6.45, 7) is 5.33. The minimum absolute atomic E-state index is 0.00674. The number of fused-ring (bicyclic) bond motifs is 1. The molecule has 1 saturated carbocycles. The first kappa shape index (κ1) is 25.5. The predicted octanol–water partition coefficient (Wildman–Crippen LogP) is 1.47. The van der Waals surface area contributed by atoms with Crippen LogP contribution >= 0.6 is 0 Å². The molecule has 2 aromatic heterocycles. The van der Waals surface area contributed by atoms with Crippen LogP contribution in [0.3, 0.4) is 0 Å². The molecular formula is C24H36N6O5S. The van der Waals surface area contributed by atoms with E-state index in [9.17, 15) is 18.3 Å². The number of piperidine rings is 1. The Morgan fingerprint density at radius 3 is 2.67 bits per heavy atom. The molecule has 12 heteroatoms. The smallest absolute Gasteiger partial charge is 0.279 e. The number of anilines is 1. The lowest BCUT2D eigenvalue weighted by Crippen LogP contribution is -2.48. The van der Waals surface area contributed by atoms with Crippen molar-refractivity contribution < 1.29 is 18.3 Å². The van der Waals surface area contributed by atoms with Crippen LogP contribution in [-0.4, -0.2) is 76.4 Å². The zero-order valence-electron chi connectivity index (χ0n) is 20.9. The Morgan fingerprint density at radius 1 is 1.22 bits per heavy atom. The zero-order chi connectivity index (χ0) is 25.5. The highest BCUT2D eigenvalue weighted by Crippen LogP contribution is 2.39. The molecule has 3 atom stereocenters. The summed E-state index contributed by atoms with van der Waals surface area (Å²) in [6.07, 6.45) is 6.93. The van der Waals surface area contributed by atoms with Gasteiger partial charge in [0, 0.05) is 49.4 Å². The first-order chi connectivity index (χ1) is 17.1. The molecule has 3 N–H and O–H groups in total. The van der Waals surface area contributed by atoms with Crippen molar-refractivity contribution in [1.29, 1.82) is 0 Å². The molecule has 2 aliphatic heterocycles. The maximum absolute atomic E-state index is 13.1. The van der Waals surface area contributed by atoms with Gasteiger partial charge in [0.25, 0.3) is 15.8 Å². The maximum Gasteiger partial charge on any atom is 0.279 e. The van der Waals surface area contributed by atoms with Gasteiger partial charge in [-0.1, -0.05) is 0 Å². The van der Waals surface area contributed by atoms with Crippen molar-refractivity contribution in [3.05, 3.63) is 28.2 Å². The van der Waals surface area contributed by atoms with Crippen LogP contribution in [0.15, 0.2) is 17.1 Å². The van der Waals surface area contributed by atoms with Crippen molar-refractivity contribution >= 4 is 27.2 Å². The number of aromatic nitrogens is 3. The van der Waals surface area contributed by atoms with Gasteiger partial charge >= 0.3 is 0 Å². The van der Waals surface area contributed by atoms with E-state index in [1.165, 1.54) is 4.31 Å². The normalized spacial score (nSPS) is 28.2. The highest BCUT2D eigenvalue weighted by atomic mass is 32.2. The first-order valence-electron chi connectivity index (χ1n) is 12.9. The van der Waals surface area contributed by atoms with Crippen LogP contribution in [0.5, 0.6) is 0 Å². The average molecular weight is 521 g/mol. The number of hydrogen-bond acceptors (Lipinski definition) is 8. The molecule has 198 valence electrons. The Bertz CT molecular complexity index is 1270. The molecule has 1 aliphatic carbocycles. The zero-order valence-corrected chi connectivity index (χ0v) is 21.8. The number of rotatable bonds is 7. The van der Waals surface area contributed by atoms with Gasteiger partial charge in [-0.15, -0.1) is 0 Å². The molecule has 3 aliphatic rings. The molecule has 2 saturated heterocycles. The number of aliphatic hydroxyl groups is 1. The fourth-order valence-electron chi connectivity index (χ4n) is 5.67. The highest BCUT2D eigenvalue weighted by Gasteiger charge is 2.39. The van der Waals surface area contributed by atoms with E-state index in [4.69, 9.17) is 9.72 Å². The lowest BCUT2D eigenvalue weighted by atomic mass is 9.99. The Kier molecular flexibility index (Phi) is 7.07. The molecule has 5 rings (SSSR count). The molecule has 36 heavy (non-hydrogen) atoms. The number of pyridine rings is 1. The SMILES string of the molecule is Cc1cc2cnc(NC3CCN(S(=O)(=O)NC[C@H]4CCCO4)CC3)nc2n(C2CCC[C@]2(C)O)c1=O. The van der Waals surface area contributed by atoms with Gasteiger partial charge in [0.1, 0.15) is 5.65 Å². The van der Waals surface area contributed by atoms with E-state index in [1.54, 1.807) is 30.7 Å². The third kappa shape index (κ3) is 5.14. The van der Waals surface area contributed by atoms with E-state index in [0.717, 1.165) is 24.6 Å². The molecule has 11 nitrogen and oxygen atoms in total. The lowest BCUT2D eigenvalue weighted by Gasteiger charge is -2.32. The summed E-state index contributed by atoms with van der Waals surface area (Å²) in [5.74, 6) is 0.398. The van der Waals surface area contributed by atoms with Crippen molar-refractivity contribution in [2.45, 2.75) is 82.6 Å². The molecule has 3 fully saturated rings. The van der Waals surface area contributed by atoms with E-state index >= 15 is 0 Å². The minimum Gasteiger partial charge on any atom is -0.388 e. The van der Waals surface area contributed by atoms with E-state index in [0.29, 0.717) is 69.1 Å². The Morgan fingerprint density at radius 2 is 2.00 bits per heavy atom. The second-order valence-corrected chi connectivity index (χ2v) is 12.3. The van der Waals surface area contributed by atoms with Crippen LogP contribution < -0.4 is 15.6 Å². The summed E-state index contributed by atoms with van der Waals surface area (Å²) in [6, 6.07) is 1.45. The highest BCUT2D eigenvalue weighted by molar-refractivity contribution is 7.87. The molecule has 0 aromatic carbocycles. The van der Waals surface area contributed by atoms with Crippen molar-refractivity contribution in [2.75, 3.05) is 31.6 Å². The summed E-state index contributed by atoms with van der Waals surface area (Å²) in [4.78, 5) is 22.3. The van der Waals surface area contributed by atoms with Crippen molar-refractivity contribution in [3.8, 4) is 0 Å². The van der Waals surface area contributed by atoms with Crippen LogP contribution in [0, 0.1) is 6.92 Å². The summed E-state index contributed by atoms with van der Waals surface area (Å²) >= 11 is 0. The third-order valence-corrected chi connectivity index (χ3v) is 9.36. The molecule has 4 heterocycles. The van der Waals surface area contributed by atoms with Gasteiger partial charge in [0.2, 0.25) is 5.95 Å². The van der Waals surface area contributed by atoms with Gasteiger partial charge in [-0.05, 0) is 64.9 Å². The maximum atomic E-state index is 13.1. The summed E-state index contributed by atoms with van der Waals surface area (Å²) in [5.41, 5.74) is -0.0163.